The lowest BCUT2D eigenvalue weighted by Gasteiger charge is -2.09. The molecule has 0 radical (unpaired) electrons. The summed E-state index contributed by atoms with van der Waals surface area (Å²) in [6, 6.07) is 10.7. The second-order valence-corrected chi connectivity index (χ2v) is 6.17. The first kappa shape index (κ1) is 16.4. The first-order chi connectivity index (χ1) is 10.5. The monoisotopic (exact) mass is 337 g/mol. The molecule has 0 aromatic heterocycles. The zero-order chi connectivity index (χ0) is 16.1. The van der Waals surface area contributed by atoms with Gasteiger partial charge in [-0.3, -0.25) is 9.00 Å². The smallest absolute Gasteiger partial charge is 0.248 e. The number of hydrogen-bond donors (Lipinski definition) is 1. The Labute approximate surface area is 135 Å². The Morgan fingerprint density at radius 3 is 2.55 bits per heavy atom. The number of rotatable bonds is 4. The molecule has 3 nitrogen and oxygen atoms in total. The topological polar surface area (TPSA) is 46.2 Å². The summed E-state index contributed by atoms with van der Waals surface area (Å²) in [7, 11) is -1.32. The lowest BCUT2D eigenvalue weighted by atomic mass is 10.2. The van der Waals surface area contributed by atoms with E-state index in [1.165, 1.54) is 24.5 Å². The van der Waals surface area contributed by atoms with Crippen molar-refractivity contribution in [2.45, 2.75) is 4.90 Å². The standard InChI is InChI=1S/C16H13ClFNO2S/c1-22(21)16-13(17)3-2-4-14(16)19-15(20)10-7-11-5-8-12(18)9-6-11/h2-10H,1H3,(H,19,20)/b10-7-/t22-/m0/s1. The molecule has 2 aromatic rings. The minimum atomic E-state index is -1.32. The van der Waals surface area contributed by atoms with Gasteiger partial charge in [0.25, 0.3) is 0 Å². The molecule has 114 valence electrons. The average Bonchev–Trinajstić information content (AvgIpc) is 2.46. The van der Waals surface area contributed by atoms with Gasteiger partial charge >= 0.3 is 0 Å². The predicted molar refractivity (Wildman–Crippen MR) is 87.8 cm³/mol. The van der Waals surface area contributed by atoms with E-state index in [9.17, 15) is 13.4 Å². The average molecular weight is 338 g/mol. The summed E-state index contributed by atoms with van der Waals surface area (Å²) < 4.78 is 24.5. The third kappa shape index (κ3) is 4.26. The zero-order valence-electron chi connectivity index (χ0n) is 11.7. The van der Waals surface area contributed by atoms with Crippen molar-refractivity contribution in [2.24, 2.45) is 0 Å². The van der Waals surface area contributed by atoms with Gasteiger partial charge in [-0.15, -0.1) is 0 Å². The molecule has 1 atom stereocenters. The normalized spacial score (nSPS) is 12.3. The van der Waals surface area contributed by atoms with Crippen molar-refractivity contribution in [3.05, 3.63) is 64.9 Å². The quantitative estimate of drug-likeness (QED) is 0.861. The molecule has 0 bridgehead atoms. The van der Waals surface area contributed by atoms with E-state index in [0.29, 0.717) is 21.2 Å². The van der Waals surface area contributed by atoms with Crippen LogP contribution >= 0.6 is 11.6 Å². The van der Waals surface area contributed by atoms with Gasteiger partial charge in [0.15, 0.2) is 0 Å². The largest absolute Gasteiger partial charge is 0.321 e. The van der Waals surface area contributed by atoms with E-state index in [-0.39, 0.29) is 5.82 Å². The highest BCUT2D eigenvalue weighted by Crippen LogP contribution is 2.27. The molecule has 0 unspecified atom stereocenters. The molecule has 0 saturated carbocycles. The van der Waals surface area contributed by atoms with Crippen LogP contribution in [-0.2, 0) is 15.6 Å². The van der Waals surface area contributed by atoms with Crippen molar-refractivity contribution < 1.29 is 13.4 Å². The third-order valence-electron chi connectivity index (χ3n) is 2.81. The first-order valence-electron chi connectivity index (χ1n) is 6.34. The molecule has 0 saturated heterocycles. The summed E-state index contributed by atoms with van der Waals surface area (Å²) in [5.74, 6) is -0.728. The van der Waals surface area contributed by atoms with E-state index >= 15 is 0 Å². The summed E-state index contributed by atoms with van der Waals surface area (Å²) in [6.07, 6.45) is 4.36. The van der Waals surface area contributed by atoms with Crippen molar-refractivity contribution in [1.29, 1.82) is 0 Å². The maximum absolute atomic E-state index is 12.8. The highest BCUT2D eigenvalue weighted by molar-refractivity contribution is 7.84. The maximum atomic E-state index is 12.8. The van der Waals surface area contributed by atoms with Gasteiger partial charge in [0.2, 0.25) is 5.91 Å². The fourth-order valence-corrected chi connectivity index (χ4v) is 3.09. The van der Waals surface area contributed by atoms with Gasteiger partial charge in [-0.1, -0.05) is 29.8 Å². The molecular weight excluding hydrogens is 325 g/mol. The van der Waals surface area contributed by atoms with E-state index in [2.05, 4.69) is 5.32 Å². The molecule has 2 rings (SSSR count). The Kier molecular flexibility index (Phi) is 5.46. The number of hydrogen-bond acceptors (Lipinski definition) is 2. The Hall–Kier alpha value is -1.98. The van der Waals surface area contributed by atoms with Gasteiger partial charge < -0.3 is 5.32 Å². The molecule has 22 heavy (non-hydrogen) atoms. The van der Waals surface area contributed by atoms with Gasteiger partial charge in [-0.25, -0.2) is 4.39 Å². The molecule has 1 N–H and O–H groups in total. The van der Waals surface area contributed by atoms with Crippen LogP contribution in [0.3, 0.4) is 0 Å². The van der Waals surface area contributed by atoms with Crippen molar-refractivity contribution in [2.75, 3.05) is 11.6 Å². The zero-order valence-corrected chi connectivity index (χ0v) is 13.2. The number of halogens is 2. The number of anilines is 1. The first-order valence-corrected chi connectivity index (χ1v) is 8.27. The fourth-order valence-electron chi connectivity index (χ4n) is 1.82. The number of carbonyl (C=O) groups is 1. The van der Waals surface area contributed by atoms with Gasteiger partial charge in [-0.2, -0.15) is 0 Å². The fraction of sp³-hybridized carbons (Fsp3) is 0.0625. The summed E-state index contributed by atoms with van der Waals surface area (Å²) >= 11 is 6.00. The van der Waals surface area contributed by atoms with Crippen LogP contribution in [0.1, 0.15) is 5.56 Å². The van der Waals surface area contributed by atoms with Crippen molar-refractivity contribution in [1.82, 2.24) is 0 Å². The van der Waals surface area contributed by atoms with Gasteiger partial charge in [0, 0.05) is 12.3 Å². The maximum Gasteiger partial charge on any atom is 0.248 e. The van der Waals surface area contributed by atoms with Crippen LogP contribution in [0.5, 0.6) is 0 Å². The lowest BCUT2D eigenvalue weighted by molar-refractivity contribution is -0.111. The Morgan fingerprint density at radius 2 is 1.91 bits per heavy atom. The van der Waals surface area contributed by atoms with Crippen molar-refractivity contribution in [3.63, 3.8) is 0 Å². The van der Waals surface area contributed by atoms with E-state index in [0.717, 1.165) is 0 Å². The second kappa shape index (κ2) is 7.33. The molecule has 0 aliphatic rings. The third-order valence-corrected chi connectivity index (χ3v) is 4.25. The Bertz CT molecular complexity index is 744. The summed E-state index contributed by atoms with van der Waals surface area (Å²) in [4.78, 5) is 12.3. The van der Waals surface area contributed by atoms with E-state index < -0.39 is 16.7 Å². The molecule has 0 spiro atoms. The van der Waals surface area contributed by atoms with Crippen molar-refractivity contribution >= 4 is 40.1 Å². The Balaban J connectivity index is 2.14. The highest BCUT2D eigenvalue weighted by Gasteiger charge is 2.11. The van der Waals surface area contributed by atoms with E-state index in [4.69, 9.17) is 11.6 Å². The minimum Gasteiger partial charge on any atom is -0.321 e. The summed E-state index contributed by atoms with van der Waals surface area (Å²) in [5.41, 5.74) is 1.10. The predicted octanol–water partition coefficient (Wildman–Crippen LogP) is 3.87. The van der Waals surface area contributed by atoms with Crippen molar-refractivity contribution in [3.8, 4) is 0 Å². The SMILES string of the molecule is C[S@](=O)c1c(Cl)cccc1NC(=O)/C=C\c1ccc(F)cc1. The van der Waals surface area contributed by atoms with Crippen LogP contribution < -0.4 is 5.32 Å². The number of benzene rings is 2. The molecule has 0 aliphatic heterocycles. The van der Waals surface area contributed by atoms with Crippen LogP contribution in [0.2, 0.25) is 5.02 Å². The molecule has 1 amide bonds. The summed E-state index contributed by atoms with van der Waals surface area (Å²) in [6.45, 7) is 0. The van der Waals surface area contributed by atoms with Gasteiger partial charge in [0.1, 0.15) is 5.82 Å². The van der Waals surface area contributed by atoms with Crippen LogP contribution in [0.4, 0.5) is 10.1 Å². The molecule has 0 aliphatic carbocycles. The van der Waals surface area contributed by atoms with Crippen LogP contribution in [0.25, 0.3) is 6.08 Å². The van der Waals surface area contributed by atoms with Crippen LogP contribution in [0.15, 0.2) is 53.4 Å². The van der Waals surface area contributed by atoms with Crippen LogP contribution in [0, 0.1) is 5.82 Å². The van der Waals surface area contributed by atoms with E-state index in [1.807, 2.05) is 0 Å². The molecule has 6 heteroatoms. The summed E-state index contributed by atoms with van der Waals surface area (Å²) in [5, 5.41) is 2.97. The second-order valence-electron chi connectivity index (χ2n) is 4.44. The minimum absolute atomic E-state index is 0.334. The Morgan fingerprint density at radius 1 is 1.23 bits per heavy atom. The molecule has 2 aromatic carbocycles. The number of carbonyl (C=O) groups excluding carboxylic acids is 1. The van der Waals surface area contributed by atoms with E-state index in [1.54, 1.807) is 36.4 Å². The highest BCUT2D eigenvalue weighted by atomic mass is 35.5. The molecule has 0 fully saturated rings. The molecular formula is C16H13ClFNO2S. The lowest BCUT2D eigenvalue weighted by Crippen LogP contribution is -2.10. The number of nitrogens with one attached hydrogen (secondary N) is 1. The van der Waals surface area contributed by atoms with Gasteiger partial charge in [0.05, 0.1) is 26.4 Å². The number of amides is 1. The molecule has 0 heterocycles. The van der Waals surface area contributed by atoms with Gasteiger partial charge in [-0.05, 0) is 35.9 Å². The van der Waals surface area contributed by atoms with Crippen LogP contribution in [-0.4, -0.2) is 16.4 Å².